The largest absolute Gasteiger partial charge is 0.332 e. The minimum atomic E-state index is -0.834. The highest BCUT2D eigenvalue weighted by atomic mass is 19.1. The molecule has 0 spiro atoms. The van der Waals surface area contributed by atoms with Gasteiger partial charge in [-0.2, -0.15) is 5.26 Å². The van der Waals surface area contributed by atoms with Crippen LogP contribution in [0.2, 0.25) is 0 Å². The van der Waals surface area contributed by atoms with Crippen molar-refractivity contribution in [2.24, 2.45) is 5.73 Å². The zero-order valence-corrected chi connectivity index (χ0v) is 11.8. The molecule has 0 aliphatic carbocycles. The van der Waals surface area contributed by atoms with E-state index in [1.165, 1.54) is 10.6 Å². The van der Waals surface area contributed by atoms with Crippen LogP contribution < -0.4 is 11.3 Å². The van der Waals surface area contributed by atoms with Gasteiger partial charge in [0.25, 0.3) is 5.56 Å². The minimum absolute atomic E-state index is 0.0345. The van der Waals surface area contributed by atoms with Crippen LogP contribution in [0.4, 0.5) is 8.78 Å². The molecule has 116 valence electrons. The van der Waals surface area contributed by atoms with E-state index < -0.39 is 17.2 Å². The number of hydrogen-bond donors (Lipinski definition) is 2. The lowest BCUT2D eigenvalue weighted by atomic mass is 10.1. The van der Waals surface area contributed by atoms with E-state index in [2.05, 4.69) is 9.97 Å². The zero-order chi connectivity index (χ0) is 16.6. The standard InChI is InChI=1S/C15H11F2N5O/c16-9-2-1-3-10(17)11(9)13-8(6-19)12-14(22(13)5-4-18)15(23)21-7-20-12/h1-3,7H,4-5,18H2,(H,20,21,23). The van der Waals surface area contributed by atoms with Gasteiger partial charge in [-0.15, -0.1) is 0 Å². The predicted molar refractivity (Wildman–Crippen MR) is 79.5 cm³/mol. The summed E-state index contributed by atoms with van der Waals surface area (Å²) in [5.41, 5.74) is 4.71. The van der Waals surface area contributed by atoms with Crippen LogP contribution in [0.3, 0.4) is 0 Å². The number of nitrogens with zero attached hydrogens (tertiary/aromatic N) is 3. The Morgan fingerprint density at radius 1 is 1.35 bits per heavy atom. The highest BCUT2D eigenvalue weighted by molar-refractivity contribution is 5.91. The first-order valence-electron chi connectivity index (χ1n) is 6.74. The van der Waals surface area contributed by atoms with Crippen LogP contribution in [0, 0.1) is 23.0 Å². The van der Waals surface area contributed by atoms with E-state index in [-0.39, 0.29) is 40.9 Å². The number of nitrogens with two attached hydrogens (primary N) is 1. The van der Waals surface area contributed by atoms with E-state index in [1.54, 1.807) is 0 Å². The maximum absolute atomic E-state index is 14.2. The van der Waals surface area contributed by atoms with Gasteiger partial charge >= 0.3 is 0 Å². The van der Waals surface area contributed by atoms with E-state index in [4.69, 9.17) is 5.73 Å². The molecule has 0 unspecified atom stereocenters. The van der Waals surface area contributed by atoms with E-state index in [1.807, 2.05) is 6.07 Å². The molecule has 0 fully saturated rings. The molecule has 6 nitrogen and oxygen atoms in total. The normalized spacial score (nSPS) is 10.9. The number of rotatable bonds is 3. The summed E-state index contributed by atoms with van der Waals surface area (Å²) in [5.74, 6) is -1.67. The summed E-state index contributed by atoms with van der Waals surface area (Å²) in [6.45, 7) is 0.224. The number of hydrogen-bond acceptors (Lipinski definition) is 4. The van der Waals surface area contributed by atoms with Crippen LogP contribution in [0.5, 0.6) is 0 Å². The second-order valence-corrected chi connectivity index (χ2v) is 4.80. The van der Waals surface area contributed by atoms with E-state index in [0.717, 1.165) is 18.5 Å². The van der Waals surface area contributed by atoms with Crippen LogP contribution in [0.25, 0.3) is 22.3 Å². The maximum Gasteiger partial charge on any atom is 0.275 e. The van der Waals surface area contributed by atoms with Crippen molar-refractivity contribution in [1.29, 1.82) is 5.26 Å². The lowest BCUT2D eigenvalue weighted by Crippen LogP contribution is -2.16. The molecule has 0 radical (unpaired) electrons. The molecule has 1 aromatic carbocycles. The molecule has 0 aliphatic rings. The summed E-state index contributed by atoms with van der Waals surface area (Å²) in [6.07, 6.45) is 1.14. The summed E-state index contributed by atoms with van der Waals surface area (Å²) in [5, 5.41) is 9.44. The van der Waals surface area contributed by atoms with Crippen molar-refractivity contribution in [3.05, 3.63) is 52.1 Å². The van der Waals surface area contributed by atoms with Gasteiger partial charge < -0.3 is 15.3 Å². The molecule has 3 rings (SSSR count). The smallest absolute Gasteiger partial charge is 0.275 e. The summed E-state index contributed by atoms with van der Waals surface area (Å²) in [4.78, 5) is 18.5. The molecule has 23 heavy (non-hydrogen) atoms. The first-order valence-corrected chi connectivity index (χ1v) is 6.74. The average Bonchev–Trinajstić information content (AvgIpc) is 2.83. The fourth-order valence-corrected chi connectivity index (χ4v) is 2.63. The summed E-state index contributed by atoms with van der Waals surface area (Å²) < 4.78 is 29.7. The van der Waals surface area contributed by atoms with Crippen LogP contribution in [0.1, 0.15) is 5.56 Å². The summed E-state index contributed by atoms with van der Waals surface area (Å²) in [7, 11) is 0. The van der Waals surface area contributed by atoms with Gasteiger partial charge in [-0.25, -0.2) is 13.8 Å². The highest BCUT2D eigenvalue weighted by Crippen LogP contribution is 2.34. The zero-order valence-electron chi connectivity index (χ0n) is 11.8. The number of H-pyrrole nitrogens is 1. The second-order valence-electron chi connectivity index (χ2n) is 4.80. The third-order valence-corrected chi connectivity index (χ3v) is 3.51. The molecular formula is C15H11F2N5O. The molecule has 2 heterocycles. The van der Waals surface area contributed by atoms with Gasteiger partial charge in [0.15, 0.2) is 0 Å². The molecule has 8 heteroatoms. The van der Waals surface area contributed by atoms with Crippen molar-refractivity contribution >= 4 is 11.0 Å². The van der Waals surface area contributed by atoms with Crippen molar-refractivity contribution in [2.75, 3.05) is 6.54 Å². The molecule has 0 saturated heterocycles. The number of benzene rings is 1. The van der Waals surface area contributed by atoms with Crippen LogP contribution in [0.15, 0.2) is 29.3 Å². The Morgan fingerprint density at radius 3 is 2.65 bits per heavy atom. The average molecular weight is 315 g/mol. The van der Waals surface area contributed by atoms with Gasteiger partial charge in [0, 0.05) is 13.1 Å². The van der Waals surface area contributed by atoms with Gasteiger partial charge in [-0.1, -0.05) is 6.07 Å². The lowest BCUT2D eigenvalue weighted by Gasteiger charge is -2.11. The summed E-state index contributed by atoms with van der Waals surface area (Å²) in [6, 6.07) is 5.28. The van der Waals surface area contributed by atoms with Gasteiger partial charge in [0.1, 0.15) is 34.3 Å². The highest BCUT2D eigenvalue weighted by Gasteiger charge is 2.25. The molecule has 0 atom stereocenters. The van der Waals surface area contributed by atoms with Crippen molar-refractivity contribution in [1.82, 2.24) is 14.5 Å². The molecule has 3 N–H and O–H groups in total. The van der Waals surface area contributed by atoms with Crippen molar-refractivity contribution in [3.8, 4) is 17.3 Å². The SMILES string of the molecule is N#Cc1c(-c2c(F)cccc2F)n(CCN)c2c(=O)[nH]cnc12. The minimum Gasteiger partial charge on any atom is -0.332 e. The molecule has 0 amide bonds. The number of nitriles is 1. The van der Waals surface area contributed by atoms with Gasteiger partial charge in [0.2, 0.25) is 0 Å². The number of fused-ring (bicyclic) bond motifs is 1. The number of nitrogens with one attached hydrogen (secondary N) is 1. The quantitative estimate of drug-likeness (QED) is 0.765. The third kappa shape index (κ3) is 2.18. The molecule has 2 aromatic heterocycles. The number of halogens is 2. The summed E-state index contributed by atoms with van der Waals surface area (Å²) >= 11 is 0. The van der Waals surface area contributed by atoms with Crippen molar-refractivity contribution in [3.63, 3.8) is 0 Å². The Balaban J connectivity index is 2.55. The van der Waals surface area contributed by atoms with Gasteiger partial charge in [0.05, 0.1) is 17.6 Å². The Kier molecular flexibility index (Phi) is 3.64. The number of aromatic nitrogens is 3. The van der Waals surface area contributed by atoms with Gasteiger partial charge in [-0.05, 0) is 12.1 Å². The van der Waals surface area contributed by atoms with Gasteiger partial charge in [-0.3, -0.25) is 4.79 Å². The Labute approximate surface area is 128 Å². The molecule has 0 bridgehead atoms. The van der Waals surface area contributed by atoms with E-state index in [0.29, 0.717) is 0 Å². The molecule has 3 aromatic rings. The first-order chi connectivity index (χ1) is 11.1. The lowest BCUT2D eigenvalue weighted by molar-refractivity contribution is 0.585. The molecule has 0 saturated carbocycles. The Hall–Kier alpha value is -3.05. The first kappa shape index (κ1) is 14.9. The van der Waals surface area contributed by atoms with E-state index >= 15 is 0 Å². The Morgan fingerprint density at radius 2 is 2.04 bits per heavy atom. The fraction of sp³-hybridized carbons (Fsp3) is 0.133. The van der Waals surface area contributed by atoms with Crippen LogP contribution >= 0.6 is 0 Å². The molecular weight excluding hydrogens is 304 g/mol. The number of aromatic amines is 1. The fourth-order valence-electron chi connectivity index (χ4n) is 2.63. The van der Waals surface area contributed by atoms with E-state index in [9.17, 15) is 18.8 Å². The molecule has 0 aliphatic heterocycles. The predicted octanol–water partition coefficient (Wildman–Crippen LogP) is 1.50. The Bertz CT molecular complexity index is 979. The monoisotopic (exact) mass is 315 g/mol. The van der Waals surface area contributed by atoms with Crippen molar-refractivity contribution < 1.29 is 8.78 Å². The van der Waals surface area contributed by atoms with Crippen LogP contribution in [-0.2, 0) is 6.54 Å². The topological polar surface area (TPSA) is 100 Å². The second kappa shape index (κ2) is 5.62. The maximum atomic E-state index is 14.2. The van der Waals surface area contributed by atoms with Crippen LogP contribution in [-0.4, -0.2) is 21.1 Å². The third-order valence-electron chi connectivity index (χ3n) is 3.51. The van der Waals surface area contributed by atoms with Crippen molar-refractivity contribution in [2.45, 2.75) is 6.54 Å².